The molecule has 0 aliphatic heterocycles. The summed E-state index contributed by atoms with van der Waals surface area (Å²) in [6, 6.07) is 4.15. The molecule has 1 aliphatic rings. The topological polar surface area (TPSA) is 51.4 Å². The van der Waals surface area contributed by atoms with Gasteiger partial charge in [0.2, 0.25) is 0 Å². The van der Waals surface area contributed by atoms with Crippen LogP contribution in [0.4, 0.5) is 0 Å². The van der Waals surface area contributed by atoms with Crippen LogP contribution in [0.5, 0.6) is 0 Å². The third kappa shape index (κ3) is 3.14. The average molecular weight is 263 g/mol. The second-order valence-electron chi connectivity index (χ2n) is 5.28. The fourth-order valence-corrected chi connectivity index (χ4v) is 3.02. The van der Waals surface area contributed by atoms with E-state index < -0.39 is 0 Å². The van der Waals surface area contributed by atoms with Gasteiger partial charge in [-0.15, -0.1) is 0 Å². The van der Waals surface area contributed by atoms with Crippen LogP contribution < -0.4 is 5.73 Å². The van der Waals surface area contributed by atoms with E-state index in [4.69, 9.17) is 10.5 Å². The Morgan fingerprint density at radius 2 is 2.05 bits per heavy atom. The molecule has 0 unspecified atom stereocenters. The molecule has 0 bridgehead atoms. The lowest BCUT2D eigenvalue weighted by atomic mass is 9.72. The van der Waals surface area contributed by atoms with Gasteiger partial charge in [0.15, 0.2) is 0 Å². The molecule has 106 valence electrons. The SMILES string of the molecule is CCOC1CC(CN)(N(CC)Cc2ccncc2)C1. The first-order chi connectivity index (χ1) is 9.24. The molecular formula is C15H25N3O. The quantitative estimate of drug-likeness (QED) is 0.815. The van der Waals surface area contributed by atoms with Gasteiger partial charge in [0.25, 0.3) is 0 Å². The first-order valence-corrected chi connectivity index (χ1v) is 7.19. The molecule has 0 atom stereocenters. The molecule has 1 heterocycles. The van der Waals surface area contributed by atoms with Crippen molar-refractivity contribution in [2.75, 3.05) is 19.7 Å². The van der Waals surface area contributed by atoms with Gasteiger partial charge in [-0.2, -0.15) is 0 Å². The lowest BCUT2D eigenvalue weighted by Crippen LogP contribution is -2.63. The van der Waals surface area contributed by atoms with Gasteiger partial charge >= 0.3 is 0 Å². The van der Waals surface area contributed by atoms with Gasteiger partial charge in [0.05, 0.1) is 6.10 Å². The van der Waals surface area contributed by atoms with Crippen LogP contribution in [0.25, 0.3) is 0 Å². The number of likely N-dealkylation sites (N-methyl/N-ethyl adjacent to an activating group) is 1. The summed E-state index contributed by atoms with van der Waals surface area (Å²) in [5.41, 5.74) is 7.47. The molecule has 0 amide bonds. The minimum Gasteiger partial charge on any atom is -0.378 e. The molecule has 1 saturated carbocycles. The number of aromatic nitrogens is 1. The third-order valence-electron chi connectivity index (χ3n) is 4.17. The predicted molar refractivity (Wildman–Crippen MR) is 76.8 cm³/mol. The lowest BCUT2D eigenvalue weighted by molar-refractivity contribution is -0.102. The average Bonchev–Trinajstić information content (AvgIpc) is 2.41. The number of hydrogen-bond acceptors (Lipinski definition) is 4. The fourth-order valence-electron chi connectivity index (χ4n) is 3.02. The van der Waals surface area contributed by atoms with Crippen molar-refractivity contribution in [3.05, 3.63) is 30.1 Å². The second kappa shape index (κ2) is 6.46. The van der Waals surface area contributed by atoms with E-state index >= 15 is 0 Å². The first-order valence-electron chi connectivity index (χ1n) is 7.19. The highest BCUT2D eigenvalue weighted by molar-refractivity contribution is 5.12. The highest BCUT2D eigenvalue weighted by Gasteiger charge is 2.47. The summed E-state index contributed by atoms with van der Waals surface area (Å²) in [4.78, 5) is 6.55. The van der Waals surface area contributed by atoms with Crippen molar-refractivity contribution in [3.63, 3.8) is 0 Å². The third-order valence-corrected chi connectivity index (χ3v) is 4.17. The van der Waals surface area contributed by atoms with Crippen LogP contribution in [-0.4, -0.2) is 41.2 Å². The first kappa shape index (κ1) is 14.4. The minimum absolute atomic E-state index is 0.123. The van der Waals surface area contributed by atoms with Crippen molar-refractivity contribution in [1.29, 1.82) is 0 Å². The summed E-state index contributed by atoms with van der Waals surface area (Å²) in [6.07, 6.45) is 6.19. The van der Waals surface area contributed by atoms with Gasteiger partial charge in [-0.25, -0.2) is 0 Å². The summed E-state index contributed by atoms with van der Waals surface area (Å²) in [6.45, 7) is 7.70. The second-order valence-corrected chi connectivity index (χ2v) is 5.28. The van der Waals surface area contributed by atoms with Gasteiger partial charge < -0.3 is 10.5 Å². The van der Waals surface area contributed by atoms with E-state index in [1.165, 1.54) is 5.56 Å². The van der Waals surface area contributed by atoms with Crippen LogP contribution in [0.3, 0.4) is 0 Å². The largest absolute Gasteiger partial charge is 0.378 e. The van der Waals surface area contributed by atoms with Crippen molar-refractivity contribution in [1.82, 2.24) is 9.88 Å². The number of nitrogens with zero attached hydrogens (tertiary/aromatic N) is 2. The minimum atomic E-state index is 0.123. The van der Waals surface area contributed by atoms with Crippen molar-refractivity contribution >= 4 is 0 Å². The standard InChI is InChI=1S/C15H25N3O/c1-3-18(11-13-5-7-17-8-6-13)15(12-16)9-14(10-15)19-4-2/h5-8,14H,3-4,9-12,16H2,1-2H3. The molecule has 0 saturated heterocycles. The van der Waals surface area contributed by atoms with Gasteiger partial charge in [-0.1, -0.05) is 6.92 Å². The number of hydrogen-bond donors (Lipinski definition) is 1. The molecule has 19 heavy (non-hydrogen) atoms. The monoisotopic (exact) mass is 263 g/mol. The molecule has 1 aromatic heterocycles. The van der Waals surface area contributed by atoms with Crippen LogP contribution >= 0.6 is 0 Å². The van der Waals surface area contributed by atoms with Crippen molar-refractivity contribution in [2.45, 2.75) is 44.9 Å². The Morgan fingerprint density at radius 3 is 2.58 bits per heavy atom. The zero-order valence-corrected chi connectivity index (χ0v) is 12.0. The summed E-state index contributed by atoms with van der Waals surface area (Å²) in [5.74, 6) is 0. The van der Waals surface area contributed by atoms with E-state index in [9.17, 15) is 0 Å². The molecule has 0 spiro atoms. The van der Waals surface area contributed by atoms with Gasteiger partial charge in [0.1, 0.15) is 0 Å². The summed E-state index contributed by atoms with van der Waals surface area (Å²) < 4.78 is 5.69. The summed E-state index contributed by atoms with van der Waals surface area (Å²) >= 11 is 0. The fraction of sp³-hybridized carbons (Fsp3) is 0.667. The Kier molecular flexibility index (Phi) is 4.91. The zero-order valence-electron chi connectivity index (χ0n) is 12.0. The van der Waals surface area contributed by atoms with Gasteiger partial charge in [0, 0.05) is 37.6 Å². The van der Waals surface area contributed by atoms with Crippen molar-refractivity contribution in [2.24, 2.45) is 5.73 Å². The Balaban J connectivity index is 2.00. The molecule has 1 fully saturated rings. The van der Waals surface area contributed by atoms with E-state index in [1.54, 1.807) is 0 Å². The Labute approximate surface area is 116 Å². The van der Waals surface area contributed by atoms with E-state index in [2.05, 4.69) is 35.9 Å². The molecule has 4 nitrogen and oxygen atoms in total. The van der Waals surface area contributed by atoms with E-state index in [0.29, 0.717) is 12.6 Å². The van der Waals surface area contributed by atoms with Gasteiger partial charge in [-0.3, -0.25) is 9.88 Å². The van der Waals surface area contributed by atoms with E-state index in [1.807, 2.05) is 12.4 Å². The molecule has 2 rings (SSSR count). The number of rotatable bonds is 7. The van der Waals surface area contributed by atoms with Crippen molar-refractivity contribution in [3.8, 4) is 0 Å². The smallest absolute Gasteiger partial charge is 0.0611 e. The highest BCUT2D eigenvalue weighted by Crippen LogP contribution is 2.39. The molecule has 1 aliphatic carbocycles. The Morgan fingerprint density at radius 1 is 1.37 bits per heavy atom. The van der Waals surface area contributed by atoms with Crippen LogP contribution in [0.15, 0.2) is 24.5 Å². The highest BCUT2D eigenvalue weighted by atomic mass is 16.5. The number of ether oxygens (including phenoxy) is 1. The molecule has 1 aromatic rings. The normalized spacial score (nSPS) is 26.4. The summed E-state index contributed by atoms with van der Waals surface area (Å²) in [5, 5.41) is 0. The van der Waals surface area contributed by atoms with Crippen LogP contribution in [0, 0.1) is 0 Å². The molecule has 4 heteroatoms. The molecule has 0 radical (unpaired) electrons. The Bertz CT molecular complexity index is 376. The Hall–Kier alpha value is -0.970. The van der Waals surface area contributed by atoms with Crippen molar-refractivity contribution < 1.29 is 4.74 Å². The van der Waals surface area contributed by atoms with Crippen LogP contribution in [-0.2, 0) is 11.3 Å². The molecule has 2 N–H and O–H groups in total. The number of pyridine rings is 1. The number of nitrogens with two attached hydrogens (primary N) is 1. The van der Waals surface area contributed by atoms with Crippen LogP contribution in [0.1, 0.15) is 32.3 Å². The molecular weight excluding hydrogens is 238 g/mol. The maximum absolute atomic E-state index is 6.05. The van der Waals surface area contributed by atoms with Crippen LogP contribution in [0.2, 0.25) is 0 Å². The maximum Gasteiger partial charge on any atom is 0.0611 e. The van der Waals surface area contributed by atoms with Gasteiger partial charge in [-0.05, 0) is 44.0 Å². The molecule has 0 aromatic carbocycles. The summed E-state index contributed by atoms with van der Waals surface area (Å²) in [7, 11) is 0. The zero-order chi connectivity index (χ0) is 13.7. The predicted octanol–water partition coefficient (Wildman–Crippen LogP) is 1.80. The maximum atomic E-state index is 6.05. The van der Waals surface area contributed by atoms with E-state index in [-0.39, 0.29) is 5.54 Å². The van der Waals surface area contributed by atoms with E-state index in [0.717, 1.165) is 32.5 Å². The lowest BCUT2D eigenvalue weighted by Gasteiger charge is -2.53.